The van der Waals surface area contributed by atoms with Crippen LogP contribution in [0.3, 0.4) is 0 Å². The van der Waals surface area contributed by atoms with Crippen LogP contribution in [-0.2, 0) is 24.9 Å². The van der Waals surface area contributed by atoms with Crippen molar-refractivity contribution in [3.8, 4) is 0 Å². The van der Waals surface area contributed by atoms with Gasteiger partial charge in [-0.25, -0.2) is 9.78 Å². The first-order valence-electron chi connectivity index (χ1n) is 10.8. The van der Waals surface area contributed by atoms with Crippen molar-refractivity contribution in [2.75, 3.05) is 25.0 Å². The van der Waals surface area contributed by atoms with Gasteiger partial charge in [0, 0.05) is 50.0 Å². The van der Waals surface area contributed by atoms with Crippen molar-refractivity contribution in [1.29, 1.82) is 0 Å². The molecule has 8 nitrogen and oxygen atoms in total. The van der Waals surface area contributed by atoms with E-state index in [1.165, 1.54) is 0 Å². The minimum Gasteiger partial charge on any atom is -0.450 e. The number of amides is 1. The van der Waals surface area contributed by atoms with Gasteiger partial charge in [-0.2, -0.15) is 0 Å². The number of fused-ring (bicyclic) bond motifs is 5. The van der Waals surface area contributed by atoms with Gasteiger partial charge in [-0.3, -0.25) is 15.0 Å². The van der Waals surface area contributed by atoms with Crippen LogP contribution in [0.5, 0.6) is 0 Å². The molecule has 0 spiro atoms. The summed E-state index contributed by atoms with van der Waals surface area (Å²) in [5.41, 5.74) is 3.82. The molecule has 4 heterocycles. The van der Waals surface area contributed by atoms with E-state index in [0.29, 0.717) is 24.1 Å². The Labute approximate surface area is 180 Å². The summed E-state index contributed by atoms with van der Waals surface area (Å²) < 4.78 is 9.03. The minimum absolute atomic E-state index is 0.114. The number of carbonyl (C=O) groups excluding carboxylic acids is 1. The van der Waals surface area contributed by atoms with E-state index in [0.717, 1.165) is 55.2 Å². The first kappa shape index (κ1) is 19.8. The third kappa shape index (κ3) is 3.72. The van der Waals surface area contributed by atoms with Gasteiger partial charge in [0.2, 0.25) is 0 Å². The zero-order chi connectivity index (χ0) is 21.5. The Morgan fingerprint density at radius 3 is 2.94 bits per heavy atom. The van der Waals surface area contributed by atoms with Gasteiger partial charge in [-0.05, 0) is 43.5 Å². The molecular formula is C23H27N5O3. The lowest BCUT2D eigenvalue weighted by Gasteiger charge is -2.42. The van der Waals surface area contributed by atoms with E-state index in [2.05, 4.69) is 20.9 Å². The highest BCUT2D eigenvalue weighted by atomic mass is 16.5. The molecule has 31 heavy (non-hydrogen) atoms. The number of aromatic nitrogens is 3. The van der Waals surface area contributed by atoms with Gasteiger partial charge in [-0.15, -0.1) is 0 Å². The number of aryl methyl sites for hydroxylation is 1. The number of nitrogens with zero attached hydrogens (tertiary/aromatic N) is 4. The van der Waals surface area contributed by atoms with Crippen LogP contribution in [0.4, 0.5) is 10.5 Å². The number of anilines is 1. The van der Waals surface area contributed by atoms with E-state index < -0.39 is 6.09 Å². The normalized spacial score (nSPS) is 20.5. The number of rotatable bonds is 4. The van der Waals surface area contributed by atoms with Crippen molar-refractivity contribution in [3.05, 3.63) is 58.3 Å². The fourth-order valence-electron chi connectivity index (χ4n) is 5.08. The maximum atomic E-state index is 12.2. The van der Waals surface area contributed by atoms with E-state index in [4.69, 9.17) is 9.72 Å². The summed E-state index contributed by atoms with van der Waals surface area (Å²) in [7, 11) is 2.03. The topological polar surface area (TPSA) is 81.4 Å². The monoisotopic (exact) mass is 421 g/mol. The zero-order valence-corrected chi connectivity index (χ0v) is 17.9. The number of carbonyl (C=O) groups is 1. The SMILES string of the molecule is CCOC(=O)Nc1ccc2c(c1)nc(CN1C[C@@H]3C[C@H](C1)c1cccc(=O)n1C3)n2C. The van der Waals surface area contributed by atoms with Crippen molar-refractivity contribution < 1.29 is 9.53 Å². The number of hydrogen-bond donors (Lipinski definition) is 1. The molecule has 1 fully saturated rings. The Morgan fingerprint density at radius 1 is 1.23 bits per heavy atom. The molecule has 3 aromatic rings. The van der Waals surface area contributed by atoms with Gasteiger partial charge in [0.15, 0.2) is 0 Å². The third-order valence-electron chi connectivity index (χ3n) is 6.42. The smallest absolute Gasteiger partial charge is 0.411 e. The number of benzene rings is 1. The summed E-state index contributed by atoms with van der Waals surface area (Å²) in [6, 6.07) is 11.3. The Kier molecular flexibility index (Phi) is 5.02. The van der Waals surface area contributed by atoms with Gasteiger partial charge < -0.3 is 13.9 Å². The first-order valence-corrected chi connectivity index (χ1v) is 10.8. The van der Waals surface area contributed by atoms with Crippen LogP contribution in [0.15, 0.2) is 41.2 Å². The number of imidazole rings is 1. The van der Waals surface area contributed by atoms with Crippen molar-refractivity contribution >= 4 is 22.8 Å². The highest BCUT2D eigenvalue weighted by molar-refractivity contribution is 5.88. The Hall–Kier alpha value is -3.13. The summed E-state index contributed by atoms with van der Waals surface area (Å²) in [4.78, 5) is 31.2. The molecule has 1 amide bonds. The van der Waals surface area contributed by atoms with Gasteiger partial charge >= 0.3 is 6.09 Å². The lowest BCUT2D eigenvalue weighted by Crippen LogP contribution is -2.46. The molecule has 0 radical (unpaired) electrons. The zero-order valence-electron chi connectivity index (χ0n) is 17.9. The highest BCUT2D eigenvalue weighted by Crippen LogP contribution is 2.35. The molecule has 0 saturated carbocycles. The standard InChI is InChI=1S/C23H27N5O3/c1-3-31-23(30)24-17-7-8-20-18(10-17)25-21(26(20)2)14-27-11-15-9-16(13-27)19-5-4-6-22(29)28(19)12-15/h4-8,10,15-16H,3,9,11-14H2,1-2H3,(H,24,30)/t15-,16+/m0/s1. The number of ether oxygens (including phenoxy) is 1. The first-order chi connectivity index (χ1) is 15.0. The van der Waals surface area contributed by atoms with E-state index in [1.54, 1.807) is 13.0 Å². The van der Waals surface area contributed by atoms with Crippen LogP contribution in [0.2, 0.25) is 0 Å². The van der Waals surface area contributed by atoms with Crippen molar-refractivity contribution in [2.45, 2.75) is 32.4 Å². The lowest BCUT2D eigenvalue weighted by atomic mass is 9.83. The molecule has 162 valence electrons. The summed E-state index contributed by atoms with van der Waals surface area (Å²) in [6.45, 7) is 5.57. The number of likely N-dealkylation sites (tertiary alicyclic amines) is 1. The summed E-state index contributed by atoms with van der Waals surface area (Å²) >= 11 is 0. The number of pyridine rings is 1. The van der Waals surface area contributed by atoms with Crippen LogP contribution in [0.25, 0.3) is 11.0 Å². The Bertz CT molecular complexity index is 1200. The van der Waals surface area contributed by atoms with Gasteiger partial charge in [-0.1, -0.05) is 6.07 Å². The van der Waals surface area contributed by atoms with Crippen molar-refractivity contribution in [3.63, 3.8) is 0 Å². The fraction of sp³-hybridized carbons (Fsp3) is 0.435. The predicted octanol–water partition coefficient (Wildman–Crippen LogP) is 2.92. The molecule has 1 aromatic carbocycles. The second kappa shape index (κ2) is 7.85. The van der Waals surface area contributed by atoms with Crippen molar-refractivity contribution in [2.24, 2.45) is 13.0 Å². The number of hydrogen-bond acceptors (Lipinski definition) is 5. The van der Waals surface area contributed by atoms with Crippen molar-refractivity contribution in [1.82, 2.24) is 19.0 Å². The molecule has 1 N–H and O–H groups in total. The van der Waals surface area contributed by atoms with Gasteiger partial charge in [0.1, 0.15) is 5.82 Å². The maximum Gasteiger partial charge on any atom is 0.411 e. The average Bonchev–Trinajstić information content (AvgIpc) is 3.03. The molecule has 2 aliphatic rings. The van der Waals surface area contributed by atoms with Crippen LogP contribution in [-0.4, -0.2) is 44.8 Å². The minimum atomic E-state index is -0.461. The maximum absolute atomic E-state index is 12.2. The van der Waals surface area contributed by atoms with E-state index in [-0.39, 0.29) is 5.56 Å². The van der Waals surface area contributed by atoms with Gasteiger partial charge in [0.05, 0.1) is 24.2 Å². The second-order valence-electron chi connectivity index (χ2n) is 8.53. The van der Waals surface area contributed by atoms with Gasteiger partial charge in [0.25, 0.3) is 5.56 Å². The fourth-order valence-corrected chi connectivity index (χ4v) is 5.08. The predicted molar refractivity (Wildman–Crippen MR) is 118 cm³/mol. The average molecular weight is 422 g/mol. The molecule has 5 rings (SSSR count). The molecule has 0 aliphatic carbocycles. The van der Waals surface area contributed by atoms with Crippen LogP contribution >= 0.6 is 0 Å². The molecule has 0 unspecified atom stereocenters. The highest BCUT2D eigenvalue weighted by Gasteiger charge is 2.34. The summed E-state index contributed by atoms with van der Waals surface area (Å²) in [5.74, 6) is 1.87. The lowest BCUT2D eigenvalue weighted by molar-refractivity contribution is 0.111. The third-order valence-corrected chi connectivity index (χ3v) is 6.42. The Balaban J connectivity index is 1.35. The molecule has 1 saturated heterocycles. The molecule has 2 aromatic heterocycles. The van der Waals surface area contributed by atoms with Crippen LogP contribution in [0, 0.1) is 5.92 Å². The quantitative estimate of drug-likeness (QED) is 0.701. The number of piperidine rings is 1. The summed E-state index contributed by atoms with van der Waals surface area (Å²) in [6.07, 6.45) is 0.683. The van der Waals surface area contributed by atoms with Crippen LogP contribution < -0.4 is 10.9 Å². The van der Waals surface area contributed by atoms with E-state index in [9.17, 15) is 9.59 Å². The molecular weight excluding hydrogens is 394 g/mol. The second-order valence-corrected chi connectivity index (χ2v) is 8.53. The molecule has 8 heteroatoms. The van der Waals surface area contributed by atoms with E-state index in [1.807, 2.05) is 35.9 Å². The van der Waals surface area contributed by atoms with Crippen LogP contribution in [0.1, 0.15) is 30.8 Å². The molecule has 2 aliphatic heterocycles. The molecule has 2 bridgehead atoms. The number of nitrogens with one attached hydrogen (secondary N) is 1. The largest absolute Gasteiger partial charge is 0.450 e. The summed E-state index contributed by atoms with van der Waals surface area (Å²) in [5, 5.41) is 2.74. The van der Waals surface area contributed by atoms with E-state index >= 15 is 0 Å². The molecule has 2 atom stereocenters. The Morgan fingerprint density at radius 2 is 2.10 bits per heavy atom.